The first-order valence-corrected chi connectivity index (χ1v) is 19.0. The largest absolute Gasteiger partial charge is 0.247 e. The molecule has 0 aliphatic rings. The van der Waals surface area contributed by atoms with Gasteiger partial charge >= 0.3 is 0 Å². The smallest absolute Gasteiger partial charge is 0.160 e. The average molecular weight is 712 g/mol. The van der Waals surface area contributed by atoms with E-state index < -0.39 is 0 Å². The number of para-hydroxylation sites is 1. The van der Waals surface area contributed by atoms with Gasteiger partial charge in [-0.05, 0) is 79.8 Å². The first kappa shape index (κ1) is 32.0. The maximum Gasteiger partial charge on any atom is 0.160 e. The molecule has 0 unspecified atom stereocenters. The Bertz CT molecular complexity index is 3210. The summed E-state index contributed by atoms with van der Waals surface area (Å²) in [7, 11) is 0. The minimum atomic E-state index is 0.686. The Balaban J connectivity index is 1.05. The zero-order valence-electron chi connectivity index (χ0n) is 30.4. The van der Waals surface area contributed by atoms with Crippen molar-refractivity contribution >= 4 is 54.0 Å². The second kappa shape index (κ2) is 13.1. The van der Waals surface area contributed by atoms with Crippen molar-refractivity contribution in [2.75, 3.05) is 0 Å². The van der Waals surface area contributed by atoms with Crippen LogP contribution < -0.4 is 0 Å². The lowest BCUT2D eigenvalue weighted by molar-refractivity contribution is 1.18. The Morgan fingerprint density at radius 1 is 0.268 bits per heavy atom. The molecule has 0 spiro atoms. The van der Waals surface area contributed by atoms with Gasteiger partial charge in [0.1, 0.15) is 0 Å². The van der Waals surface area contributed by atoms with Crippen molar-refractivity contribution in [3.05, 3.63) is 200 Å². The third-order valence-electron chi connectivity index (χ3n) is 11.0. The molecule has 0 saturated carbocycles. The van der Waals surface area contributed by atoms with Gasteiger partial charge < -0.3 is 0 Å². The summed E-state index contributed by atoms with van der Waals surface area (Å²) in [5.41, 5.74) is 10.1. The van der Waals surface area contributed by atoms with Crippen LogP contribution in [0.25, 0.3) is 110 Å². The number of hydrogen-bond donors (Lipinski definition) is 0. The molecular weight excluding hydrogens is 679 g/mol. The van der Waals surface area contributed by atoms with E-state index in [9.17, 15) is 0 Å². The summed E-state index contributed by atoms with van der Waals surface area (Å²) in [6, 6.07) is 71.0. The number of pyridine rings is 1. The van der Waals surface area contributed by atoms with Crippen molar-refractivity contribution in [3.8, 4) is 56.3 Å². The van der Waals surface area contributed by atoms with Crippen LogP contribution in [0.1, 0.15) is 0 Å². The Morgan fingerprint density at radius 3 is 1.46 bits per heavy atom. The molecule has 11 rings (SSSR count). The molecule has 0 amide bonds. The molecule has 56 heavy (non-hydrogen) atoms. The summed E-state index contributed by atoms with van der Waals surface area (Å²) in [6.45, 7) is 0. The normalized spacial score (nSPS) is 11.6. The van der Waals surface area contributed by atoms with E-state index >= 15 is 0 Å². The molecule has 0 saturated heterocycles. The third kappa shape index (κ3) is 5.57. The van der Waals surface area contributed by atoms with Gasteiger partial charge in [0.2, 0.25) is 0 Å². The van der Waals surface area contributed by atoms with E-state index in [0.29, 0.717) is 5.82 Å². The molecule has 3 nitrogen and oxygen atoms in total. The lowest BCUT2D eigenvalue weighted by Crippen LogP contribution is -1.96. The predicted octanol–water partition coefficient (Wildman–Crippen LogP) is 14.0. The van der Waals surface area contributed by atoms with Crippen molar-refractivity contribution in [3.63, 3.8) is 0 Å². The molecule has 260 valence electrons. The van der Waals surface area contributed by atoms with Crippen molar-refractivity contribution in [2.45, 2.75) is 0 Å². The second-order valence-corrected chi connectivity index (χ2v) is 14.4. The number of fused-ring (bicyclic) bond motifs is 7. The summed E-state index contributed by atoms with van der Waals surface area (Å²) in [5, 5.41) is 10.8. The zero-order chi connectivity index (χ0) is 37.0. The van der Waals surface area contributed by atoms with Crippen LogP contribution in [-0.4, -0.2) is 15.0 Å². The van der Waals surface area contributed by atoms with Gasteiger partial charge in [0.15, 0.2) is 5.82 Å². The minimum absolute atomic E-state index is 0.686. The van der Waals surface area contributed by atoms with Crippen LogP contribution in [0.3, 0.4) is 0 Å². The fourth-order valence-corrected chi connectivity index (χ4v) is 8.20. The Hall–Kier alpha value is -7.49. The molecule has 2 heterocycles. The quantitative estimate of drug-likeness (QED) is 0.167. The van der Waals surface area contributed by atoms with Crippen molar-refractivity contribution in [1.82, 2.24) is 15.0 Å². The van der Waals surface area contributed by atoms with Crippen LogP contribution in [0, 0.1) is 0 Å². The van der Waals surface area contributed by atoms with E-state index in [1.54, 1.807) is 0 Å². The minimum Gasteiger partial charge on any atom is -0.247 e. The van der Waals surface area contributed by atoms with E-state index in [4.69, 9.17) is 15.0 Å². The molecule has 3 heteroatoms. The molecule has 11 aromatic rings. The number of nitrogens with zero attached hydrogens (tertiary/aromatic N) is 3. The molecular formula is C53H33N3. The van der Waals surface area contributed by atoms with Crippen LogP contribution in [0.15, 0.2) is 200 Å². The lowest BCUT2D eigenvalue weighted by atomic mass is 9.94. The fourth-order valence-electron chi connectivity index (χ4n) is 8.20. The van der Waals surface area contributed by atoms with Gasteiger partial charge in [-0.1, -0.05) is 164 Å². The Labute approximate surface area is 324 Å². The highest BCUT2D eigenvalue weighted by atomic mass is 14.9. The Kier molecular flexibility index (Phi) is 7.49. The summed E-state index contributed by atoms with van der Waals surface area (Å²) >= 11 is 0. The van der Waals surface area contributed by atoms with E-state index in [1.165, 1.54) is 43.1 Å². The summed E-state index contributed by atoms with van der Waals surface area (Å²) < 4.78 is 0. The van der Waals surface area contributed by atoms with E-state index in [1.807, 2.05) is 0 Å². The second-order valence-electron chi connectivity index (χ2n) is 14.4. The van der Waals surface area contributed by atoms with Gasteiger partial charge in [-0.3, -0.25) is 0 Å². The Morgan fingerprint density at radius 2 is 0.786 bits per heavy atom. The number of benzene rings is 9. The van der Waals surface area contributed by atoms with Gasteiger partial charge in [-0.2, -0.15) is 0 Å². The van der Waals surface area contributed by atoms with Crippen molar-refractivity contribution in [1.29, 1.82) is 0 Å². The van der Waals surface area contributed by atoms with Crippen LogP contribution in [0.4, 0.5) is 0 Å². The van der Waals surface area contributed by atoms with Crippen molar-refractivity contribution < 1.29 is 0 Å². The molecule has 0 atom stereocenters. The summed E-state index contributed by atoms with van der Waals surface area (Å²) in [6.07, 6.45) is 0. The molecule has 0 N–H and O–H groups in total. The highest BCUT2D eigenvalue weighted by Gasteiger charge is 2.16. The number of hydrogen-bond acceptors (Lipinski definition) is 3. The van der Waals surface area contributed by atoms with Gasteiger partial charge in [0.05, 0.1) is 22.6 Å². The van der Waals surface area contributed by atoms with E-state index in [0.717, 1.165) is 61.4 Å². The predicted molar refractivity (Wildman–Crippen MR) is 235 cm³/mol. The maximum absolute atomic E-state index is 5.28. The van der Waals surface area contributed by atoms with Gasteiger partial charge in [-0.15, -0.1) is 0 Å². The van der Waals surface area contributed by atoms with Crippen LogP contribution in [0.5, 0.6) is 0 Å². The average Bonchev–Trinajstić information content (AvgIpc) is 3.28. The van der Waals surface area contributed by atoms with Crippen LogP contribution in [-0.2, 0) is 0 Å². The monoisotopic (exact) mass is 711 g/mol. The third-order valence-corrected chi connectivity index (χ3v) is 11.0. The summed E-state index contributed by atoms with van der Waals surface area (Å²) in [5.74, 6) is 0.686. The number of aromatic nitrogens is 3. The van der Waals surface area contributed by atoms with E-state index in [-0.39, 0.29) is 0 Å². The summed E-state index contributed by atoms with van der Waals surface area (Å²) in [4.78, 5) is 15.7. The molecule has 9 aromatic carbocycles. The van der Waals surface area contributed by atoms with Crippen LogP contribution in [0.2, 0.25) is 0 Å². The maximum atomic E-state index is 5.28. The molecule has 0 radical (unpaired) electrons. The molecule has 0 fully saturated rings. The lowest BCUT2D eigenvalue weighted by Gasteiger charge is -2.14. The van der Waals surface area contributed by atoms with E-state index in [2.05, 4.69) is 200 Å². The first-order chi connectivity index (χ1) is 27.7. The molecule has 0 bridgehead atoms. The molecule has 0 aliphatic heterocycles. The highest BCUT2D eigenvalue weighted by Crippen LogP contribution is 2.39. The van der Waals surface area contributed by atoms with Crippen LogP contribution >= 0.6 is 0 Å². The SMILES string of the molecule is c1cc(-c2cccc(-c3nc4ccccc4c4c3ccc3ccccc34)c2)cc(-c2nc(-c3ccc4ccccc4c3)cc(-c3ccc4ccccc4c3)n2)c1. The molecule has 2 aromatic heterocycles. The molecule has 0 aliphatic carbocycles. The van der Waals surface area contributed by atoms with Gasteiger partial charge in [0.25, 0.3) is 0 Å². The topological polar surface area (TPSA) is 38.7 Å². The standard InChI is InChI=1S/C53H33N3/c1-3-14-37-29-41(25-23-34(37)11-1)49-33-50(42-26-24-35-12-2-4-15-38(35)30-42)56-53(55-49)44-19-10-17-40(32-44)39-16-9-18-43(31-39)52-47-28-27-36-13-5-6-20-45(36)51(47)46-21-7-8-22-48(46)54-52/h1-33H. The fraction of sp³-hybridized carbons (Fsp3) is 0. The van der Waals surface area contributed by atoms with Gasteiger partial charge in [-0.25, -0.2) is 15.0 Å². The van der Waals surface area contributed by atoms with Crippen molar-refractivity contribution in [2.24, 2.45) is 0 Å². The van der Waals surface area contributed by atoms with Gasteiger partial charge in [0, 0.05) is 38.4 Å². The highest BCUT2D eigenvalue weighted by molar-refractivity contribution is 6.22. The number of rotatable bonds is 5. The zero-order valence-corrected chi connectivity index (χ0v) is 30.4. The first-order valence-electron chi connectivity index (χ1n) is 19.0.